The number of hydrogen-bond acceptors (Lipinski definition) is 4. The highest BCUT2D eigenvalue weighted by molar-refractivity contribution is 5.16. The first kappa shape index (κ1) is 13.7. The van der Waals surface area contributed by atoms with Gasteiger partial charge in [-0.25, -0.2) is 0 Å². The van der Waals surface area contributed by atoms with Gasteiger partial charge >= 0.3 is 0 Å². The summed E-state index contributed by atoms with van der Waals surface area (Å²) in [5, 5.41) is 3.98. The normalized spacial score (nSPS) is 12.8. The fraction of sp³-hybridized carbons (Fsp3) is 0.467. The fourth-order valence-electron chi connectivity index (χ4n) is 1.89. The summed E-state index contributed by atoms with van der Waals surface area (Å²) >= 11 is 0. The zero-order valence-corrected chi connectivity index (χ0v) is 11.5. The van der Waals surface area contributed by atoms with E-state index < -0.39 is 0 Å². The van der Waals surface area contributed by atoms with Crippen LogP contribution in [-0.4, -0.2) is 10.1 Å². The van der Waals surface area contributed by atoms with Crippen molar-refractivity contribution in [3.05, 3.63) is 47.6 Å². The molecule has 0 unspecified atom stereocenters. The molecule has 0 aliphatic carbocycles. The van der Waals surface area contributed by atoms with E-state index in [1.165, 1.54) is 5.56 Å². The zero-order chi connectivity index (χ0) is 13.7. The third kappa shape index (κ3) is 4.17. The summed E-state index contributed by atoms with van der Waals surface area (Å²) in [4.78, 5) is 4.38. The predicted octanol–water partition coefficient (Wildman–Crippen LogP) is 2.90. The number of benzene rings is 1. The number of hydrogen-bond donors (Lipinski definition) is 1. The van der Waals surface area contributed by atoms with Crippen molar-refractivity contribution in [2.24, 2.45) is 11.7 Å². The minimum atomic E-state index is -0.234. The Morgan fingerprint density at radius 3 is 2.63 bits per heavy atom. The van der Waals surface area contributed by atoms with Crippen molar-refractivity contribution in [1.29, 1.82) is 0 Å². The van der Waals surface area contributed by atoms with Crippen molar-refractivity contribution in [1.82, 2.24) is 10.1 Å². The first-order valence-corrected chi connectivity index (χ1v) is 6.77. The molecule has 0 aliphatic heterocycles. The van der Waals surface area contributed by atoms with E-state index in [1.54, 1.807) is 0 Å². The lowest BCUT2D eigenvalue weighted by Crippen LogP contribution is -2.13. The Kier molecular flexibility index (Phi) is 4.68. The Labute approximate surface area is 114 Å². The van der Waals surface area contributed by atoms with Gasteiger partial charge in [-0.2, -0.15) is 4.98 Å². The summed E-state index contributed by atoms with van der Waals surface area (Å²) < 4.78 is 5.24. The minimum absolute atomic E-state index is 0.234. The van der Waals surface area contributed by atoms with Crippen LogP contribution < -0.4 is 5.73 Å². The van der Waals surface area contributed by atoms with Crippen molar-refractivity contribution in [3.8, 4) is 0 Å². The van der Waals surface area contributed by atoms with Crippen LogP contribution in [0.1, 0.15) is 43.6 Å². The Hall–Kier alpha value is -1.68. The van der Waals surface area contributed by atoms with E-state index in [1.807, 2.05) is 18.2 Å². The van der Waals surface area contributed by atoms with Gasteiger partial charge in [-0.15, -0.1) is 0 Å². The highest BCUT2D eigenvalue weighted by atomic mass is 16.5. The van der Waals surface area contributed by atoms with Crippen molar-refractivity contribution < 1.29 is 4.52 Å². The van der Waals surface area contributed by atoms with Gasteiger partial charge < -0.3 is 10.3 Å². The van der Waals surface area contributed by atoms with Gasteiger partial charge in [0.2, 0.25) is 5.89 Å². The molecule has 2 rings (SSSR count). The molecule has 2 N–H and O–H groups in total. The molecule has 0 fully saturated rings. The largest absolute Gasteiger partial charge is 0.338 e. The molecule has 4 heteroatoms. The molecule has 19 heavy (non-hydrogen) atoms. The highest BCUT2D eigenvalue weighted by Gasteiger charge is 2.15. The van der Waals surface area contributed by atoms with E-state index in [4.69, 9.17) is 10.3 Å². The molecular weight excluding hydrogens is 238 g/mol. The van der Waals surface area contributed by atoms with E-state index in [0.717, 1.165) is 18.7 Å². The standard InChI is InChI=1S/C15H21N3O/c1-11(2)8-9-14-17-15(19-18-14)13(16)10-12-6-4-3-5-7-12/h3-7,11,13H,8-10,16H2,1-2H3/t13-/m0/s1. The molecule has 1 atom stereocenters. The average molecular weight is 259 g/mol. The molecule has 4 nitrogen and oxygen atoms in total. The van der Waals surface area contributed by atoms with Crippen LogP contribution in [0.25, 0.3) is 0 Å². The summed E-state index contributed by atoms with van der Waals surface area (Å²) in [6.07, 6.45) is 2.62. The van der Waals surface area contributed by atoms with Gasteiger partial charge in [0.05, 0.1) is 6.04 Å². The maximum atomic E-state index is 6.10. The smallest absolute Gasteiger partial charge is 0.243 e. The molecule has 0 bridgehead atoms. The molecule has 1 aromatic carbocycles. The molecule has 0 saturated heterocycles. The van der Waals surface area contributed by atoms with Crippen molar-refractivity contribution in [2.75, 3.05) is 0 Å². The third-order valence-corrected chi connectivity index (χ3v) is 3.04. The second-order valence-corrected chi connectivity index (χ2v) is 5.28. The number of aryl methyl sites for hydroxylation is 1. The molecule has 102 valence electrons. The summed E-state index contributed by atoms with van der Waals surface area (Å²) in [6, 6.07) is 9.87. The summed E-state index contributed by atoms with van der Waals surface area (Å²) in [7, 11) is 0. The lowest BCUT2D eigenvalue weighted by molar-refractivity contribution is 0.349. The van der Waals surface area contributed by atoms with Crippen molar-refractivity contribution >= 4 is 0 Å². The SMILES string of the molecule is CC(C)CCc1noc([C@@H](N)Cc2ccccc2)n1. The highest BCUT2D eigenvalue weighted by Crippen LogP contribution is 2.15. The molecule has 0 aliphatic rings. The van der Waals surface area contributed by atoms with E-state index in [2.05, 4.69) is 36.1 Å². The average Bonchev–Trinajstić information content (AvgIpc) is 2.86. The Balaban J connectivity index is 1.94. The molecule has 0 spiro atoms. The first-order chi connectivity index (χ1) is 9.15. The quantitative estimate of drug-likeness (QED) is 0.866. The number of nitrogens with zero attached hydrogens (tertiary/aromatic N) is 2. The first-order valence-electron chi connectivity index (χ1n) is 6.77. The molecule has 0 amide bonds. The Morgan fingerprint density at radius 1 is 1.21 bits per heavy atom. The van der Waals surface area contributed by atoms with E-state index >= 15 is 0 Å². The van der Waals surface area contributed by atoms with Gasteiger partial charge in [-0.05, 0) is 24.3 Å². The molecular formula is C15H21N3O. The molecule has 0 radical (unpaired) electrons. The topological polar surface area (TPSA) is 64.9 Å². The molecule has 0 saturated carbocycles. The van der Waals surface area contributed by atoms with Gasteiger partial charge in [0.1, 0.15) is 0 Å². The molecule has 2 aromatic rings. The van der Waals surface area contributed by atoms with E-state index in [0.29, 0.717) is 18.2 Å². The monoisotopic (exact) mass is 259 g/mol. The van der Waals surface area contributed by atoms with Crippen LogP contribution in [0.3, 0.4) is 0 Å². The maximum absolute atomic E-state index is 6.10. The van der Waals surface area contributed by atoms with Crippen LogP contribution in [0.15, 0.2) is 34.9 Å². The second-order valence-electron chi connectivity index (χ2n) is 5.28. The van der Waals surface area contributed by atoms with Gasteiger partial charge in [0.15, 0.2) is 5.82 Å². The number of nitrogens with two attached hydrogens (primary N) is 1. The lowest BCUT2D eigenvalue weighted by Gasteiger charge is -2.06. The van der Waals surface area contributed by atoms with Crippen LogP contribution in [0.5, 0.6) is 0 Å². The van der Waals surface area contributed by atoms with Crippen molar-refractivity contribution in [2.45, 2.75) is 39.2 Å². The van der Waals surface area contributed by atoms with Gasteiger partial charge in [-0.3, -0.25) is 0 Å². The Bertz CT molecular complexity index is 493. The van der Waals surface area contributed by atoms with Crippen LogP contribution in [-0.2, 0) is 12.8 Å². The fourth-order valence-corrected chi connectivity index (χ4v) is 1.89. The van der Waals surface area contributed by atoms with Gasteiger partial charge in [-0.1, -0.05) is 49.3 Å². The van der Waals surface area contributed by atoms with Crippen LogP contribution in [0.2, 0.25) is 0 Å². The summed E-state index contributed by atoms with van der Waals surface area (Å²) in [6.45, 7) is 4.37. The van der Waals surface area contributed by atoms with Crippen LogP contribution in [0.4, 0.5) is 0 Å². The molecule has 1 heterocycles. The third-order valence-electron chi connectivity index (χ3n) is 3.04. The van der Waals surface area contributed by atoms with Gasteiger partial charge in [0.25, 0.3) is 0 Å². The van der Waals surface area contributed by atoms with E-state index in [-0.39, 0.29) is 6.04 Å². The predicted molar refractivity (Wildman–Crippen MR) is 74.5 cm³/mol. The van der Waals surface area contributed by atoms with Crippen LogP contribution >= 0.6 is 0 Å². The van der Waals surface area contributed by atoms with Crippen molar-refractivity contribution in [3.63, 3.8) is 0 Å². The number of aromatic nitrogens is 2. The maximum Gasteiger partial charge on any atom is 0.243 e. The molecule has 1 aromatic heterocycles. The van der Waals surface area contributed by atoms with Crippen LogP contribution in [0, 0.1) is 5.92 Å². The van der Waals surface area contributed by atoms with E-state index in [9.17, 15) is 0 Å². The summed E-state index contributed by atoms with van der Waals surface area (Å²) in [5.74, 6) is 1.93. The second kappa shape index (κ2) is 6.48. The zero-order valence-electron chi connectivity index (χ0n) is 11.5. The number of rotatable bonds is 6. The van der Waals surface area contributed by atoms with Gasteiger partial charge in [0, 0.05) is 6.42 Å². The summed E-state index contributed by atoms with van der Waals surface area (Å²) in [5.41, 5.74) is 7.28. The Morgan fingerprint density at radius 2 is 1.95 bits per heavy atom. The lowest BCUT2D eigenvalue weighted by atomic mass is 10.1. The minimum Gasteiger partial charge on any atom is -0.338 e.